The molecule has 1 saturated heterocycles. The van der Waals surface area contributed by atoms with Crippen molar-refractivity contribution in [1.82, 2.24) is 15.1 Å². The molecular formula is C12H27N3. The van der Waals surface area contributed by atoms with E-state index in [1.54, 1.807) is 0 Å². The zero-order valence-corrected chi connectivity index (χ0v) is 10.8. The number of hydrogen-bond acceptors (Lipinski definition) is 3. The Kier molecular flexibility index (Phi) is 5.58. The molecule has 1 fully saturated rings. The van der Waals surface area contributed by atoms with E-state index in [9.17, 15) is 0 Å². The van der Waals surface area contributed by atoms with Crippen molar-refractivity contribution in [3.05, 3.63) is 0 Å². The normalized spacial score (nSPS) is 28.6. The van der Waals surface area contributed by atoms with Gasteiger partial charge in [-0.1, -0.05) is 13.8 Å². The SMILES string of the molecule is CCN(CC)CCN1C(C)CNCC1C. The van der Waals surface area contributed by atoms with E-state index in [2.05, 4.69) is 42.8 Å². The smallest absolute Gasteiger partial charge is 0.0196 e. The van der Waals surface area contributed by atoms with Gasteiger partial charge in [-0.3, -0.25) is 4.90 Å². The molecule has 0 aliphatic carbocycles. The number of hydrogen-bond donors (Lipinski definition) is 1. The summed E-state index contributed by atoms with van der Waals surface area (Å²) in [6.45, 7) is 16.2. The summed E-state index contributed by atoms with van der Waals surface area (Å²) in [5, 5.41) is 3.47. The Morgan fingerprint density at radius 1 is 1.13 bits per heavy atom. The Morgan fingerprint density at radius 2 is 1.67 bits per heavy atom. The summed E-state index contributed by atoms with van der Waals surface area (Å²) in [6.07, 6.45) is 0. The minimum absolute atomic E-state index is 0.685. The monoisotopic (exact) mass is 213 g/mol. The highest BCUT2D eigenvalue weighted by Crippen LogP contribution is 2.09. The first-order chi connectivity index (χ1) is 7.19. The largest absolute Gasteiger partial charge is 0.314 e. The lowest BCUT2D eigenvalue weighted by atomic mass is 10.1. The van der Waals surface area contributed by atoms with Gasteiger partial charge in [0.1, 0.15) is 0 Å². The number of nitrogens with zero attached hydrogens (tertiary/aromatic N) is 2. The van der Waals surface area contributed by atoms with Crippen LogP contribution in [0.15, 0.2) is 0 Å². The maximum Gasteiger partial charge on any atom is 0.0196 e. The van der Waals surface area contributed by atoms with E-state index in [0.29, 0.717) is 12.1 Å². The Morgan fingerprint density at radius 3 is 2.13 bits per heavy atom. The second-order valence-electron chi connectivity index (χ2n) is 4.62. The van der Waals surface area contributed by atoms with Crippen LogP contribution in [0.3, 0.4) is 0 Å². The molecule has 0 bridgehead atoms. The van der Waals surface area contributed by atoms with Crippen LogP contribution >= 0.6 is 0 Å². The van der Waals surface area contributed by atoms with Crippen molar-refractivity contribution in [2.24, 2.45) is 0 Å². The Hall–Kier alpha value is -0.120. The summed E-state index contributed by atoms with van der Waals surface area (Å²) in [5.41, 5.74) is 0. The Balaban J connectivity index is 2.34. The summed E-state index contributed by atoms with van der Waals surface area (Å²) in [4.78, 5) is 5.14. The Bertz CT molecular complexity index is 158. The van der Waals surface area contributed by atoms with Crippen LogP contribution in [-0.4, -0.2) is 61.2 Å². The van der Waals surface area contributed by atoms with Gasteiger partial charge in [-0.05, 0) is 26.9 Å². The van der Waals surface area contributed by atoms with Crippen molar-refractivity contribution in [3.8, 4) is 0 Å². The molecule has 15 heavy (non-hydrogen) atoms. The molecule has 0 aromatic carbocycles. The summed E-state index contributed by atoms with van der Waals surface area (Å²) < 4.78 is 0. The molecule has 0 saturated carbocycles. The quantitative estimate of drug-likeness (QED) is 0.735. The van der Waals surface area contributed by atoms with Crippen LogP contribution < -0.4 is 5.32 Å². The first-order valence-electron chi connectivity index (χ1n) is 6.37. The second-order valence-corrected chi connectivity index (χ2v) is 4.62. The van der Waals surface area contributed by atoms with Gasteiger partial charge in [0.15, 0.2) is 0 Å². The third-order valence-corrected chi connectivity index (χ3v) is 3.58. The maximum absolute atomic E-state index is 3.47. The highest BCUT2D eigenvalue weighted by molar-refractivity contribution is 4.82. The lowest BCUT2D eigenvalue weighted by molar-refractivity contribution is 0.101. The van der Waals surface area contributed by atoms with Gasteiger partial charge in [-0.2, -0.15) is 0 Å². The summed E-state index contributed by atoms with van der Waals surface area (Å²) in [6, 6.07) is 1.37. The van der Waals surface area contributed by atoms with E-state index in [4.69, 9.17) is 0 Å². The van der Waals surface area contributed by atoms with Crippen molar-refractivity contribution in [2.45, 2.75) is 39.8 Å². The molecular weight excluding hydrogens is 186 g/mol. The summed E-state index contributed by atoms with van der Waals surface area (Å²) >= 11 is 0. The van der Waals surface area contributed by atoms with Gasteiger partial charge in [-0.25, -0.2) is 0 Å². The number of piperazine rings is 1. The molecule has 1 N–H and O–H groups in total. The summed E-state index contributed by atoms with van der Waals surface area (Å²) in [5.74, 6) is 0. The third-order valence-electron chi connectivity index (χ3n) is 3.58. The summed E-state index contributed by atoms with van der Waals surface area (Å²) in [7, 11) is 0. The molecule has 0 aromatic heterocycles. The lowest BCUT2D eigenvalue weighted by Gasteiger charge is -2.40. The van der Waals surface area contributed by atoms with Gasteiger partial charge in [0.2, 0.25) is 0 Å². The van der Waals surface area contributed by atoms with E-state index in [1.807, 2.05) is 0 Å². The molecule has 0 spiro atoms. The second kappa shape index (κ2) is 6.46. The Labute approximate surface area is 94.8 Å². The number of nitrogens with one attached hydrogen (secondary N) is 1. The van der Waals surface area contributed by atoms with Crippen LogP contribution in [0.25, 0.3) is 0 Å². The first kappa shape index (κ1) is 12.9. The van der Waals surface area contributed by atoms with Crippen LogP contribution in [-0.2, 0) is 0 Å². The van der Waals surface area contributed by atoms with Crippen LogP contribution in [0, 0.1) is 0 Å². The van der Waals surface area contributed by atoms with E-state index >= 15 is 0 Å². The molecule has 2 unspecified atom stereocenters. The molecule has 1 rings (SSSR count). The number of likely N-dealkylation sites (N-methyl/N-ethyl adjacent to an activating group) is 1. The minimum atomic E-state index is 0.685. The van der Waals surface area contributed by atoms with Crippen LogP contribution in [0.1, 0.15) is 27.7 Å². The fourth-order valence-electron chi connectivity index (χ4n) is 2.41. The molecule has 0 aromatic rings. The number of rotatable bonds is 5. The molecule has 1 aliphatic rings. The average molecular weight is 213 g/mol. The molecule has 1 aliphatic heterocycles. The molecule has 0 radical (unpaired) electrons. The highest BCUT2D eigenvalue weighted by atomic mass is 15.3. The average Bonchev–Trinajstić information content (AvgIpc) is 2.23. The van der Waals surface area contributed by atoms with Crippen molar-refractivity contribution in [3.63, 3.8) is 0 Å². The first-order valence-corrected chi connectivity index (χ1v) is 6.37. The van der Waals surface area contributed by atoms with Crippen molar-refractivity contribution < 1.29 is 0 Å². The van der Waals surface area contributed by atoms with Crippen LogP contribution in [0.5, 0.6) is 0 Å². The minimum Gasteiger partial charge on any atom is -0.314 e. The highest BCUT2D eigenvalue weighted by Gasteiger charge is 2.23. The standard InChI is InChI=1S/C12H27N3/c1-5-14(6-2)7-8-15-11(3)9-13-10-12(15)4/h11-13H,5-10H2,1-4H3. The van der Waals surface area contributed by atoms with Gasteiger partial charge in [-0.15, -0.1) is 0 Å². The van der Waals surface area contributed by atoms with E-state index < -0.39 is 0 Å². The zero-order chi connectivity index (χ0) is 11.3. The maximum atomic E-state index is 3.47. The molecule has 90 valence electrons. The van der Waals surface area contributed by atoms with E-state index in [-0.39, 0.29) is 0 Å². The molecule has 3 heteroatoms. The molecule has 2 atom stereocenters. The topological polar surface area (TPSA) is 18.5 Å². The van der Waals surface area contributed by atoms with Gasteiger partial charge >= 0.3 is 0 Å². The van der Waals surface area contributed by atoms with Gasteiger partial charge in [0.05, 0.1) is 0 Å². The van der Waals surface area contributed by atoms with Crippen molar-refractivity contribution in [1.29, 1.82) is 0 Å². The lowest BCUT2D eigenvalue weighted by Crippen LogP contribution is -2.56. The van der Waals surface area contributed by atoms with Gasteiger partial charge in [0, 0.05) is 38.3 Å². The fraction of sp³-hybridized carbons (Fsp3) is 1.00. The van der Waals surface area contributed by atoms with E-state index in [1.165, 1.54) is 26.2 Å². The van der Waals surface area contributed by atoms with Gasteiger partial charge < -0.3 is 10.2 Å². The predicted octanol–water partition coefficient (Wildman–Crippen LogP) is 1.01. The third kappa shape index (κ3) is 3.74. The molecule has 1 heterocycles. The predicted molar refractivity (Wildman–Crippen MR) is 66.3 cm³/mol. The van der Waals surface area contributed by atoms with Crippen molar-refractivity contribution >= 4 is 0 Å². The van der Waals surface area contributed by atoms with Crippen LogP contribution in [0.4, 0.5) is 0 Å². The van der Waals surface area contributed by atoms with Crippen LogP contribution in [0.2, 0.25) is 0 Å². The zero-order valence-electron chi connectivity index (χ0n) is 10.8. The van der Waals surface area contributed by atoms with Gasteiger partial charge in [0.25, 0.3) is 0 Å². The van der Waals surface area contributed by atoms with Crippen molar-refractivity contribution in [2.75, 3.05) is 39.3 Å². The molecule has 0 amide bonds. The molecule has 3 nitrogen and oxygen atoms in total. The fourth-order valence-corrected chi connectivity index (χ4v) is 2.41. The van der Waals surface area contributed by atoms with E-state index in [0.717, 1.165) is 13.1 Å².